The summed E-state index contributed by atoms with van der Waals surface area (Å²) in [6.07, 6.45) is 19.3. The molecule has 0 atom stereocenters. The van der Waals surface area contributed by atoms with Crippen LogP contribution in [0.5, 0.6) is 0 Å². The normalized spacial score (nSPS) is 15.0. The summed E-state index contributed by atoms with van der Waals surface area (Å²) in [6, 6.07) is 39.4. The van der Waals surface area contributed by atoms with Crippen LogP contribution in [-0.4, -0.2) is 314 Å². The van der Waals surface area contributed by atoms with Crippen molar-refractivity contribution in [3.8, 4) is 33.8 Å². The van der Waals surface area contributed by atoms with E-state index in [2.05, 4.69) is 150 Å². The number of likely N-dealkylation sites (N-methyl/N-ethyl adjacent to an activating group) is 3. The Morgan fingerprint density at radius 2 is 0.676 bits per heavy atom. The molecule has 42 heteroatoms. The summed E-state index contributed by atoms with van der Waals surface area (Å²) in [5.74, 6) is 3.00. The van der Waals surface area contributed by atoms with Gasteiger partial charge >= 0.3 is 24.1 Å². The second kappa shape index (κ2) is 48.4. The molecule has 9 aromatic heterocycles. The minimum atomic E-state index is -0.892. The Morgan fingerprint density at radius 1 is 0.390 bits per heavy atom. The molecule has 14 N–H and O–H groups in total. The minimum Gasteiger partial charge on any atom is -0.478 e. The number of benzene rings is 3. The molecular weight excluding hydrogens is 1780 g/mol. The monoisotopic (exact) mass is 1890 g/mol. The van der Waals surface area contributed by atoms with Gasteiger partial charge in [-0.25, -0.2) is 64.0 Å². The molecule has 15 heterocycles. The van der Waals surface area contributed by atoms with Gasteiger partial charge in [0, 0.05) is 210 Å². The lowest BCUT2D eigenvalue weighted by molar-refractivity contribution is -0.131. The molecular formula is C94H116Cl2N30O10. The molecule has 0 aliphatic carbocycles. The fourth-order valence-electron chi connectivity index (χ4n) is 15.3. The molecule has 12 aromatic rings. The molecule has 3 aromatic carbocycles. The number of morpholine rings is 3. The summed E-state index contributed by atoms with van der Waals surface area (Å²) in [4.78, 5) is 141. The first-order chi connectivity index (χ1) is 64.6. The molecule has 0 radical (unpaired) electrons. The molecule has 6 aliphatic rings. The van der Waals surface area contributed by atoms with Crippen molar-refractivity contribution in [2.24, 2.45) is 5.73 Å². The van der Waals surface area contributed by atoms with Crippen LogP contribution in [0.3, 0.4) is 0 Å². The standard InChI is InChI=1S/2C31H36N10O3.C25H27N9O2.C6H11NO2.CH4.2ClH/c2*1-39(2)11-3-4-28(42)35-23-18-41(19-23)24-9-10-32-27(16-24)38-31(43)36-22-7-5-21(6-8-22)26-17-25-29(37-26)33-20-34-30(25)40-12-14-44-15-13-40;26-17-13-34(14-17)19-5-6-27-22(11-19)32-25(35)30-18-3-1-16(2-4-18)21-12-20-23(31-21)28-15-29-24(20)33-7-9-36-10-8-33;1-7(2)5-3-4-6(8)9;;;/h2*3-10,16-17,20,23H,11-15,18-19H2,1-2H3,(H,35,42)(H,33,34,37)(H2,32,36,38,43);1-6,11-12,15,17H,7-10,13-14,26H2,(H,28,29,31)(H2,27,30,32,35);3-4H,5H2,1-2H3,(H,8,9);1H4;2*1H/b2*4-3+;;4-3+;;;. The Balaban J connectivity index is 0.000000174. The summed E-state index contributed by atoms with van der Waals surface area (Å²) in [7, 11) is 11.6. The lowest BCUT2D eigenvalue weighted by atomic mass is 10.1. The largest absolute Gasteiger partial charge is 0.478 e. The van der Waals surface area contributed by atoms with Crippen LogP contribution in [-0.2, 0) is 28.6 Å². The number of H-pyrrole nitrogens is 3. The molecule has 0 bridgehead atoms. The Bertz CT molecular complexity index is 5840. The molecule has 136 heavy (non-hydrogen) atoms. The molecule has 6 saturated heterocycles. The van der Waals surface area contributed by atoms with Crippen LogP contribution in [0.4, 0.5) is 83.4 Å². The van der Waals surface area contributed by atoms with E-state index in [9.17, 15) is 28.8 Å². The molecule has 40 nitrogen and oxygen atoms in total. The van der Waals surface area contributed by atoms with Gasteiger partial charge in [-0.1, -0.05) is 62.1 Å². The number of carbonyl (C=O) groups is 6. The fourth-order valence-corrected chi connectivity index (χ4v) is 15.3. The number of hydrogen-bond acceptors (Lipinski definition) is 28. The van der Waals surface area contributed by atoms with E-state index >= 15 is 0 Å². The van der Waals surface area contributed by atoms with E-state index in [1.54, 1.807) is 55.8 Å². The first kappa shape index (κ1) is 100. The third-order valence-electron chi connectivity index (χ3n) is 22.1. The predicted octanol–water partition coefficient (Wildman–Crippen LogP) is 10.2. The van der Waals surface area contributed by atoms with Gasteiger partial charge in [-0.2, -0.15) is 0 Å². The van der Waals surface area contributed by atoms with Crippen molar-refractivity contribution >= 4 is 163 Å². The first-order valence-electron chi connectivity index (χ1n) is 43.8. The highest BCUT2D eigenvalue weighted by atomic mass is 35.5. The molecule has 18 rings (SSSR count). The maximum Gasteiger partial charge on any atom is 0.328 e. The lowest BCUT2D eigenvalue weighted by Crippen LogP contribution is -2.59. The van der Waals surface area contributed by atoms with Crippen LogP contribution in [0.1, 0.15) is 7.43 Å². The zero-order valence-electron chi connectivity index (χ0n) is 75.7. The van der Waals surface area contributed by atoms with Gasteiger partial charge in [0.25, 0.3) is 0 Å². The zero-order valence-corrected chi connectivity index (χ0v) is 77.3. The van der Waals surface area contributed by atoms with E-state index in [-0.39, 0.29) is 68.2 Å². The van der Waals surface area contributed by atoms with Gasteiger partial charge in [-0.05, 0) is 132 Å². The number of aliphatic carboxylic acids is 1. The number of carboxylic acids is 1. The zero-order chi connectivity index (χ0) is 92.7. The van der Waals surface area contributed by atoms with Crippen molar-refractivity contribution in [3.05, 3.63) is 201 Å². The Kier molecular flexibility index (Phi) is 35.8. The van der Waals surface area contributed by atoms with E-state index in [0.717, 1.165) is 160 Å². The highest BCUT2D eigenvalue weighted by molar-refractivity contribution is 6.02. The third-order valence-corrected chi connectivity index (χ3v) is 22.1. The molecule has 0 saturated carbocycles. The SMILES string of the molecule is C.CN(C)C/C=C/C(=O)NC1CN(c2ccnc(NC(=O)Nc3ccc(-c4cc5c(N6CCOCC6)ncnc5[nH]4)cc3)c2)C1.CN(C)C/C=C/C(=O)NC1CN(c2ccnc(NC(=O)Nc3ccc(-c4cc5c(N6CCOCC6)ncnc5[nH]4)cc3)c2)C1.CN(C)C/C=C/C(=O)O.Cl.Cl.NC1CN(c2ccnc(NC(=O)Nc3ccc(-c4cc5c(N6CCOCC6)ncnc5[nH]4)cc3)c2)C1. The number of aromatic nitrogens is 12. The number of anilines is 12. The smallest absolute Gasteiger partial charge is 0.328 e. The number of rotatable bonds is 26. The van der Waals surface area contributed by atoms with Gasteiger partial charge in [0.2, 0.25) is 11.8 Å². The number of nitrogens with one attached hydrogen (secondary N) is 11. The third kappa shape index (κ3) is 27.8. The van der Waals surface area contributed by atoms with Crippen molar-refractivity contribution in [3.63, 3.8) is 0 Å². The number of aromatic amines is 3. The predicted molar refractivity (Wildman–Crippen MR) is 538 cm³/mol. The molecule has 6 aliphatic heterocycles. The van der Waals surface area contributed by atoms with Crippen molar-refractivity contribution in [2.45, 2.75) is 25.6 Å². The number of carboxylic acid groups (broad SMARTS) is 1. The summed E-state index contributed by atoms with van der Waals surface area (Å²) >= 11 is 0. The average Bonchev–Trinajstić information content (AvgIpc) is 1.28. The molecule has 0 spiro atoms. The van der Waals surface area contributed by atoms with Gasteiger partial charge in [-0.3, -0.25) is 25.5 Å². The Hall–Kier alpha value is -14.5. The fraction of sp³-hybridized carbons (Fsp3) is 0.330. The quantitative estimate of drug-likeness (QED) is 0.0224. The summed E-state index contributed by atoms with van der Waals surface area (Å²) < 4.78 is 16.4. The number of nitrogens with two attached hydrogens (primary N) is 1. The van der Waals surface area contributed by atoms with Gasteiger partial charge in [0.1, 0.15) is 70.8 Å². The highest BCUT2D eigenvalue weighted by Crippen LogP contribution is 2.35. The van der Waals surface area contributed by atoms with Gasteiger partial charge in [0.05, 0.1) is 67.9 Å². The average molecular weight is 1900 g/mol. The number of nitrogens with zero attached hydrogens (tertiary/aromatic N) is 18. The van der Waals surface area contributed by atoms with E-state index in [0.29, 0.717) is 120 Å². The minimum absolute atomic E-state index is 0. The number of pyridine rings is 3. The Labute approximate surface area is 799 Å². The van der Waals surface area contributed by atoms with E-state index in [4.69, 9.17) is 25.1 Å². The number of ether oxygens (including phenoxy) is 3. The van der Waals surface area contributed by atoms with Crippen LogP contribution in [0.2, 0.25) is 0 Å². The van der Waals surface area contributed by atoms with Crippen LogP contribution >= 0.6 is 24.8 Å². The summed E-state index contributed by atoms with van der Waals surface area (Å²) in [5, 5.41) is 34.0. The number of halogens is 2. The number of urea groups is 3. The van der Waals surface area contributed by atoms with Crippen LogP contribution in [0.15, 0.2) is 201 Å². The molecule has 0 unspecified atom stereocenters. The second-order valence-electron chi connectivity index (χ2n) is 33.1. The summed E-state index contributed by atoms with van der Waals surface area (Å²) in [5.41, 5.74) is 18.7. The number of hydrogen-bond donors (Lipinski definition) is 13. The van der Waals surface area contributed by atoms with Gasteiger partial charge in [0.15, 0.2) is 0 Å². The first-order valence-corrected chi connectivity index (χ1v) is 43.8. The van der Waals surface area contributed by atoms with Gasteiger partial charge < -0.3 is 111 Å². The van der Waals surface area contributed by atoms with Crippen LogP contribution in [0.25, 0.3) is 66.9 Å². The van der Waals surface area contributed by atoms with Crippen molar-refractivity contribution in [2.75, 3.05) is 241 Å². The number of amides is 8. The second-order valence-corrected chi connectivity index (χ2v) is 33.1. The maximum absolute atomic E-state index is 12.7. The molecule has 8 amide bonds. The van der Waals surface area contributed by atoms with Crippen molar-refractivity contribution in [1.29, 1.82) is 0 Å². The Morgan fingerprint density at radius 3 is 0.956 bits per heavy atom. The van der Waals surface area contributed by atoms with E-state index in [1.165, 1.54) is 0 Å². The van der Waals surface area contributed by atoms with E-state index in [1.807, 2.05) is 178 Å². The highest BCUT2D eigenvalue weighted by Gasteiger charge is 2.31. The van der Waals surface area contributed by atoms with Crippen LogP contribution in [0, 0.1) is 0 Å². The number of carbonyl (C=O) groups excluding carboxylic acids is 5. The van der Waals surface area contributed by atoms with Crippen molar-refractivity contribution < 1.29 is 48.1 Å². The van der Waals surface area contributed by atoms with Crippen molar-refractivity contribution in [1.82, 2.24) is 85.1 Å². The lowest BCUT2D eigenvalue weighted by Gasteiger charge is -2.41. The number of fused-ring (bicyclic) bond motifs is 3. The van der Waals surface area contributed by atoms with Gasteiger partial charge in [-0.15, -0.1) is 24.8 Å². The molecule has 716 valence electrons. The summed E-state index contributed by atoms with van der Waals surface area (Å²) in [6.45, 7) is 15.4. The molecule has 6 fully saturated rings. The van der Waals surface area contributed by atoms with E-state index < -0.39 is 18.0 Å². The van der Waals surface area contributed by atoms with Crippen LogP contribution < -0.4 is 77.7 Å². The topological polar surface area (TPSA) is 465 Å². The maximum atomic E-state index is 12.7.